The molecule has 1 aliphatic heterocycles. The van der Waals surface area contributed by atoms with Gasteiger partial charge in [0.15, 0.2) is 0 Å². The molecular formula is C11H15N5O2. The van der Waals surface area contributed by atoms with E-state index < -0.39 is 0 Å². The Labute approximate surface area is 104 Å². The van der Waals surface area contributed by atoms with Gasteiger partial charge >= 0.3 is 0 Å². The molecule has 0 aliphatic carbocycles. The number of nitrogens with zero attached hydrogens (tertiary/aromatic N) is 3. The van der Waals surface area contributed by atoms with Crippen LogP contribution < -0.4 is 16.0 Å². The third-order valence-electron chi connectivity index (χ3n) is 2.70. The summed E-state index contributed by atoms with van der Waals surface area (Å²) in [6, 6.07) is 0. The number of piperazine rings is 1. The highest BCUT2D eigenvalue weighted by molar-refractivity contribution is 6.02. The summed E-state index contributed by atoms with van der Waals surface area (Å²) in [6.07, 6.45) is 2.95. The lowest BCUT2D eigenvalue weighted by Gasteiger charge is -2.28. The monoisotopic (exact) mass is 249 g/mol. The fourth-order valence-electron chi connectivity index (χ4n) is 1.97. The second kappa shape index (κ2) is 4.99. The van der Waals surface area contributed by atoms with Crippen molar-refractivity contribution < 1.29 is 9.59 Å². The van der Waals surface area contributed by atoms with Gasteiger partial charge in [-0.2, -0.15) is 0 Å². The zero-order valence-corrected chi connectivity index (χ0v) is 10.1. The molecule has 1 aromatic rings. The minimum absolute atomic E-state index is 0.110. The highest BCUT2D eigenvalue weighted by atomic mass is 16.2. The summed E-state index contributed by atoms with van der Waals surface area (Å²) in [6.45, 7) is 2.24. The van der Waals surface area contributed by atoms with Gasteiger partial charge in [0, 0.05) is 5.56 Å². The summed E-state index contributed by atoms with van der Waals surface area (Å²) in [5.74, 6) is 0.324. The Bertz CT molecular complexity index is 472. The number of hydrogen-bond acceptors (Lipinski definition) is 6. The van der Waals surface area contributed by atoms with Crippen molar-refractivity contribution in [3.05, 3.63) is 11.9 Å². The van der Waals surface area contributed by atoms with Gasteiger partial charge in [0.2, 0.25) is 11.8 Å². The lowest BCUT2D eigenvalue weighted by molar-refractivity contribution is -0.130. The molecule has 1 aliphatic rings. The Morgan fingerprint density at radius 3 is 2.61 bits per heavy atom. The number of imide groups is 1. The quantitative estimate of drug-likeness (QED) is 0.699. The summed E-state index contributed by atoms with van der Waals surface area (Å²) < 4.78 is 0. The van der Waals surface area contributed by atoms with Crippen molar-refractivity contribution in [2.75, 3.05) is 23.7 Å². The van der Waals surface area contributed by atoms with E-state index in [1.807, 2.05) is 6.92 Å². The first-order valence-electron chi connectivity index (χ1n) is 5.78. The van der Waals surface area contributed by atoms with Crippen LogP contribution in [-0.4, -0.2) is 34.9 Å². The first-order chi connectivity index (χ1) is 8.61. The molecule has 2 rings (SSSR count). The van der Waals surface area contributed by atoms with Crippen molar-refractivity contribution in [3.8, 4) is 0 Å². The number of nitrogens with two attached hydrogens (primary N) is 1. The average Bonchev–Trinajstić information content (AvgIpc) is 2.30. The van der Waals surface area contributed by atoms with Crippen LogP contribution in [0, 0.1) is 0 Å². The Kier molecular flexibility index (Phi) is 3.40. The normalized spacial score (nSPS) is 15.7. The summed E-state index contributed by atoms with van der Waals surface area (Å²) >= 11 is 0. The molecule has 2 amide bonds. The second-order valence-corrected chi connectivity index (χ2v) is 4.14. The van der Waals surface area contributed by atoms with Gasteiger partial charge in [-0.05, 0) is 6.42 Å². The van der Waals surface area contributed by atoms with Crippen molar-refractivity contribution >= 4 is 23.5 Å². The number of rotatable bonds is 3. The number of nitrogens with one attached hydrogen (secondary N) is 1. The zero-order chi connectivity index (χ0) is 13.1. The van der Waals surface area contributed by atoms with Crippen molar-refractivity contribution in [1.82, 2.24) is 15.3 Å². The van der Waals surface area contributed by atoms with Crippen molar-refractivity contribution in [2.24, 2.45) is 0 Å². The van der Waals surface area contributed by atoms with E-state index >= 15 is 0 Å². The van der Waals surface area contributed by atoms with Gasteiger partial charge in [0.1, 0.15) is 18.0 Å². The summed E-state index contributed by atoms with van der Waals surface area (Å²) in [5.41, 5.74) is 6.61. The van der Waals surface area contributed by atoms with Crippen molar-refractivity contribution in [1.29, 1.82) is 0 Å². The molecule has 1 saturated heterocycles. The number of hydrogen-bond donors (Lipinski definition) is 2. The molecule has 3 N–H and O–H groups in total. The molecule has 7 nitrogen and oxygen atoms in total. The van der Waals surface area contributed by atoms with E-state index in [0.717, 1.165) is 12.0 Å². The third-order valence-corrected chi connectivity index (χ3v) is 2.70. The number of carbonyl (C=O) groups is 2. The van der Waals surface area contributed by atoms with Crippen molar-refractivity contribution in [3.63, 3.8) is 0 Å². The Morgan fingerprint density at radius 2 is 2.00 bits per heavy atom. The summed E-state index contributed by atoms with van der Waals surface area (Å²) in [5, 5.41) is 2.25. The highest BCUT2D eigenvalue weighted by Crippen LogP contribution is 2.23. The predicted octanol–water partition coefficient (Wildman–Crippen LogP) is -0.526. The minimum Gasteiger partial charge on any atom is -0.383 e. The molecular weight excluding hydrogens is 234 g/mol. The number of amides is 2. The van der Waals surface area contributed by atoms with E-state index in [9.17, 15) is 9.59 Å². The molecule has 7 heteroatoms. The van der Waals surface area contributed by atoms with Gasteiger partial charge in [-0.15, -0.1) is 0 Å². The molecule has 0 spiro atoms. The minimum atomic E-state index is -0.328. The maximum atomic E-state index is 11.4. The highest BCUT2D eigenvalue weighted by Gasteiger charge is 2.25. The average molecular weight is 249 g/mol. The first kappa shape index (κ1) is 12.3. The van der Waals surface area contributed by atoms with Crippen LogP contribution in [0.2, 0.25) is 0 Å². The van der Waals surface area contributed by atoms with Gasteiger partial charge in [0.05, 0.1) is 13.1 Å². The van der Waals surface area contributed by atoms with Crippen molar-refractivity contribution in [2.45, 2.75) is 19.8 Å². The van der Waals surface area contributed by atoms with Crippen LogP contribution in [0.15, 0.2) is 6.33 Å². The van der Waals surface area contributed by atoms with Crippen LogP contribution >= 0.6 is 0 Å². The Hall–Kier alpha value is -2.18. The molecule has 1 fully saturated rings. The fraction of sp³-hybridized carbons (Fsp3) is 0.455. The van der Waals surface area contributed by atoms with Gasteiger partial charge < -0.3 is 10.6 Å². The smallest absolute Gasteiger partial charge is 0.246 e. The number of aromatic nitrogens is 2. The topological polar surface area (TPSA) is 101 Å². The number of carbonyl (C=O) groups excluding carboxylic acids is 2. The molecule has 1 aromatic heterocycles. The summed E-state index contributed by atoms with van der Waals surface area (Å²) in [4.78, 5) is 32.5. The van der Waals surface area contributed by atoms with E-state index in [1.54, 1.807) is 4.90 Å². The number of nitrogen functional groups attached to an aromatic ring is 1. The van der Waals surface area contributed by atoms with Crippen LogP contribution in [0.1, 0.15) is 18.9 Å². The first-order valence-corrected chi connectivity index (χ1v) is 5.78. The van der Waals surface area contributed by atoms with Crippen LogP contribution in [0.3, 0.4) is 0 Å². The number of anilines is 2. The molecule has 0 atom stereocenters. The molecule has 0 radical (unpaired) electrons. The molecule has 18 heavy (non-hydrogen) atoms. The maximum absolute atomic E-state index is 11.4. The predicted molar refractivity (Wildman–Crippen MR) is 65.8 cm³/mol. The molecule has 96 valence electrons. The molecule has 0 bridgehead atoms. The van der Waals surface area contributed by atoms with E-state index in [1.165, 1.54) is 6.33 Å². The molecule has 0 unspecified atom stereocenters. The van der Waals surface area contributed by atoms with E-state index in [2.05, 4.69) is 15.3 Å². The Balaban J connectivity index is 2.34. The molecule has 2 heterocycles. The van der Waals surface area contributed by atoms with Gasteiger partial charge in [-0.1, -0.05) is 13.3 Å². The Morgan fingerprint density at radius 1 is 1.33 bits per heavy atom. The molecule has 0 saturated carbocycles. The van der Waals surface area contributed by atoms with Crippen LogP contribution in [-0.2, 0) is 16.0 Å². The molecule has 0 aromatic carbocycles. The standard InChI is InChI=1S/C11H15N5O2/c1-2-3-7-10(12)13-6-14-11(7)16-4-8(17)15-9(18)5-16/h6H,2-5H2,1H3,(H2,12,13,14)(H,15,17,18). The van der Waals surface area contributed by atoms with E-state index in [-0.39, 0.29) is 24.9 Å². The van der Waals surface area contributed by atoms with Crippen LogP contribution in [0.25, 0.3) is 0 Å². The van der Waals surface area contributed by atoms with Gasteiger partial charge in [-0.25, -0.2) is 9.97 Å². The largest absolute Gasteiger partial charge is 0.383 e. The van der Waals surface area contributed by atoms with Gasteiger partial charge in [0.25, 0.3) is 0 Å². The van der Waals surface area contributed by atoms with Gasteiger partial charge in [-0.3, -0.25) is 14.9 Å². The van der Waals surface area contributed by atoms with E-state index in [0.29, 0.717) is 18.1 Å². The SMILES string of the molecule is CCCc1c(N)ncnc1N1CC(=O)NC(=O)C1. The fourth-order valence-corrected chi connectivity index (χ4v) is 1.97. The lowest BCUT2D eigenvalue weighted by atomic mass is 10.1. The second-order valence-electron chi connectivity index (χ2n) is 4.14. The third kappa shape index (κ3) is 2.39. The van der Waals surface area contributed by atoms with E-state index in [4.69, 9.17) is 5.73 Å². The van der Waals surface area contributed by atoms with Crippen LogP contribution in [0.4, 0.5) is 11.6 Å². The van der Waals surface area contributed by atoms with Crippen LogP contribution in [0.5, 0.6) is 0 Å². The maximum Gasteiger partial charge on any atom is 0.246 e. The zero-order valence-electron chi connectivity index (χ0n) is 10.1. The lowest BCUT2D eigenvalue weighted by Crippen LogP contribution is -2.52. The summed E-state index contributed by atoms with van der Waals surface area (Å²) in [7, 11) is 0.